The van der Waals surface area contributed by atoms with Gasteiger partial charge in [-0.2, -0.15) is 0 Å². The maximum Gasteiger partial charge on any atom is 0.122 e. The van der Waals surface area contributed by atoms with Gasteiger partial charge in [0, 0.05) is 45.1 Å². The van der Waals surface area contributed by atoms with Gasteiger partial charge in [0.1, 0.15) is 5.82 Å². The molecule has 2 heterocycles. The first kappa shape index (κ1) is 10.4. The summed E-state index contributed by atoms with van der Waals surface area (Å²) >= 11 is 0. The number of imidazole rings is 1. The van der Waals surface area contributed by atoms with Gasteiger partial charge in [-0.15, -0.1) is 6.58 Å². The van der Waals surface area contributed by atoms with E-state index in [0.29, 0.717) is 0 Å². The SMILES string of the molecule is C=CCNCCN1CCn2ccnc2C1. The molecule has 0 bridgehead atoms. The van der Waals surface area contributed by atoms with E-state index >= 15 is 0 Å². The maximum atomic E-state index is 4.34. The number of nitrogens with one attached hydrogen (secondary N) is 1. The van der Waals surface area contributed by atoms with Crippen LogP contribution in [0.4, 0.5) is 0 Å². The van der Waals surface area contributed by atoms with Crippen LogP contribution in [0.2, 0.25) is 0 Å². The zero-order chi connectivity index (χ0) is 10.5. The Morgan fingerprint density at radius 1 is 1.53 bits per heavy atom. The lowest BCUT2D eigenvalue weighted by Gasteiger charge is -2.27. The maximum absolute atomic E-state index is 4.34. The largest absolute Gasteiger partial charge is 0.333 e. The van der Waals surface area contributed by atoms with E-state index in [1.54, 1.807) is 0 Å². The van der Waals surface area contributed by atoms with E-state index in [2.05, 4.69) is 32.5 Å². The molecule has 0 radical (unpaired) electrons. The van der Waals surface area contributed by atoms with Crippen molar-refractivity contribution in [3.8, 4) is 0 Å². The minimum atomic E-state index is 0.891. The van der Waals surface area contributed by atoms with Crippen LogP contribution in [0.25, 0.3) is 0 Å². The fraction of sp³-hybridized carbons (Fsp3) is 0.545. The predicted octanol–water partition coefficient (Wildman–Crippen LogP) is 0.474. The van der Waals surface area contributed by atoms with Crippen LogP contribution in [0, 0.1) is 0 Å². The monoisotopic (exact) mass is 206 g/mol. The number of hydrogen-bond donors (Lipinski definition) is 1. The molecule has 0 fully saturated rings. The van der Waals surface area contributed by atoms with Gasteiger partial charge in [0.2, 0.25) is 0 Å². The molecule has 1 aromatic heterocycles. The molecule has 0 spiro atoms. The standard InChI is InChI=1S/C11H18N4/c1-2-3-12-4-6-14-8-9-15-7-5-13-11(15)10-14/h2,5,7,12H,1,3-4,6,8-10H2. The smallest absolute Gasteiger partial charge is 0.122 e. The molecule has 0 aromatic carbocycles. The second kappa shape index (κ2) is 5.09. The summed E-state index contributed by atoms with van der Waals surface area (Å²) in [5.41, 5.74) is 0. The van der Waals surface area contributed by atoms with Gasteiger partial charge in [-0.25, -0.2) is 4.98 Å². The molecule has 0 unspecified atom stereocenters. The van der Waals surface area contributed by atoms with Crippen molar-refractivity contribution in [2.45, 2.75) is 13.1 Å². The molecule has 1 N–H and O–H groups in total. The van der Waals surface area contributed by atoms with Crippen molar-refractivity contribution in [3.63, 3.8) is 0 Å². The molecular weight excluding hydrogens is 188 g/mol. The number of fused-ring (bicyclic) bond motifs is 1. The predicted molar refractivity (Wildman–Crippen MR) is 60.6 cm³/mol. The van der Waals surface area contributed by atoms with Gasteiger partial charge in [0.15, 0.2) is 0 Å². The first-order valence-electron chi connectivity index (χ1n) is 5.44. The van der Waals surface area contributed by atoms with Gasteiger partial charge in [0.25, 0.3) is 0 Å². The molecule has 0 saturated carbocycles. The summed E-state index contributed by atoms with van der Waals surface area (Å²) in [5, 5.41) is 3.31. The Labute approximate surface area is 90.6 Å². The molecule has 1 aliphatic heterocycles. The lowest BCUT2D eigenvalue weighted by atomic mass is 10.3. The van der Waals surface area contributed by atoms with Crippen LogP contribution in [0.3, 0.4) is 0 Å². The highest BCUT2D eigenvalue weighted by atomic mass is 15.2. The van der Waals surface area contributed by atoms with Crippen molar-refractivity contribution in [1.82, 2.24) is 19.8 Å². The van der Waals surface area contributed by atoms with Crippen molar-refractivity contribution < 1.29 is 0 Å². The fourth-order valence-corrected chi connectivity index (χ4v) is 1.86. The van der Waals surface area contributed by atoms with Crippen molar-refractivity contribution in [2.24, 2.45) is 0 Å². The highest BCUT2D eigenvalue weighted by molar-refractivity contribution is 4.95. The lowest BCUT2D eigenvalue weighted by Crippen LogP contribution is -2.38. The van der Waals surface area contributed by atoms with Crippen LogP contribution in [0.1, 0.15) is 5.82 Å². The van der Waals surface area contributed by atoms with E-state index in [1.165, 1.54) is 5.82 Å². The number of aromatic nitrogens is 2. The molecule has 82 valence electrons. The molecule has 0 aliphatic carbocycles. The molecule has 15 heavy (non-hydrogen) atoms. The zero-order valence-electron chi connectivity index (χ0n) is 9.02. The Morgan fingerprint density at radius 3 is 3.33 bits per heavy atom. The minimum Gasteiger partial charge on any atom is -0.333 e. The van der Waals surface area contributed by atoms with E-state index in [9.17, 15) is 0 Å². The average Bonchev–Trinajstić information content (AvgIpc) is 2.71. The van der Waals surface area contributed by atoms with Gasteiger partial charge in [-0.3, -0.25) is 4.90 Å². The summed E-state index contributed by atoms with van der Waals surface area (Å²) in [6.45, 7) is 9.84. The number of hydrogen-bond acceptors (Lipinski definition) is 3. The van der Waals surface area contributed by atoms with E-state index in [1.807, 2.05) is 12.3 Å². The molecule has 1 aliphatic rings. The summed E-state index contributed by atoms with van der Waals surface area (Å²) in [5.74, 6) is 1.19. The molecule has 1 aromatic rings. The van der Waals surface area contributed by atoms with Crippen LogP contribution < -0.4 is 5.32 Å². The topological polar surface area (TPSA) is 33.1 Å². The Kier molecular flexibility index (Phi) is 3.53. The molecule has 4 nitrogen and oxygen atoms in total. The van der Waals surface area contributed by atoms with E-state index < -0.39 is 0 Å². The van der Waals surface area contributed by atoms with Gasteiger partial charge in [-0.1, -0.05) is 6.08 Å². The third kappa shape index (κ3) is 2.67. The minimum absolute atomic E-state index is 0.891. The Bertz CT molecular complexity index is 318. The molecule has 0 atom stereocenters. The summed E-state index contributed by atoms with van der Waals surface area (Å²) in [6.07, 6.45) is 5.83. The second-order valence-electron chi connectivity index (χ2n) is 3.81. The molecule has 0 saturated heterocycles. The highest BCUT2D eigenvalue weighted by Gasteiger charge is 2.15. The quantitative estimate of drug-likeness (QED) is 0.562. The number of rotatable bonds is 5. The highest BCUT2D eigenvalue weighted by Crippen LogP contribution is 2.08. The van der Waals surface area contributed by atoms with Gasteiger partial charge in [-0.05, 0) is 0 Å². The van der Waals surface area contributed by atoms with Crippen molar-refractivity contribution in [1.29, 1.82) is 0 Å². The van der Waals surface area contributed by atoms with Crippen molar-refractivity contribution in [2.75, 3.05) is 26.2 Å². The second-order valence-corrected chi connectivity index (χ2v) is 3.81. The van der Waals surface area contributed by atoms with Crippen LogP contribution in [0.5, 0.6) is 0 Å². The average molecular weight is 206 g/mol. The first-order valence-corrected chi connectivity index (χ1v) is 5.44. The van der Waals surface area contributed by atoms with Gasteiger partial charge >= 0.3 is 0 Å². The van der Waals surface area contributed by atoms with E-state index in [0.717, 1.165) is 39.3 Å². The number of nitrogens with zero attached hydrogens (tertiary/aromatic N) is 3. The van der Waals surface area contributed by atoms with Gasteiger partial charge in [0.05, 0.1) is 6.54 Å². The summed E-state index contributed by atoms with van der Waals surface area (Å²) in [4.78, 5) is 6.77. The van der Waals surface area contributed by atoms with Crippen molar-refractivity contribution >= 4 is 0 Å². The third-order valence-electron chi connectivity index (χ3n) is 2.72. The van der Waals surface area contributed by atoms with Crippen LogP contribution in [-0.4, -0.2) is 40.6 Å². The van der Waals surface area contributed by atoms with Crippen molar-refractivity contribution in [3.05, 3.63) is 30.9 Å². The van der Waals surface area contributed by atoms with E-state index in [4.69, 9.17) is 0 Å². The fourth-order valence-electron chi connectivity index (χ4n) is 1.86. The normalized spacial score (nSPS) is 16.3. The summed E-state index contributed by atoms with van der Waals surface area (Å²) < 4.78 is 2.23. The molecular formula is C11H18N4. The van der Waals surface area contributed by atoms with Gasteiger partial charge < -0.3 is 9.88 Å². The summed E-state index contributed by atoms with van der Waals surface area (Å²) in [7, 11) is 0. The zero-order valence-corrected chi connectivity index (χ0v) is 9.02. The first-order chi connectivity index (χ1) is 7.40. The molecule has 4 heteroatoms. The Morgan fingerprint density at radius 2 is 2.47 bits per heavy atom. The lowest BCUT2D eigenvalue weighted by molar-refractivity contribution is 0.218. The molecule has 2 rings (SSSR count). The molecule has 0 amide bonds. The Balaban J connectivity index is 1.75. The van der Waals surface area contributed by atoms with Crippen LogP contribution >= 0.6 is 0 Å². The van der Waals surface area contributed by atoms with Crippen LogP contribution in [0.15, 0.2) is 25.0 Å². The van der Waals surface area contributed by atoms with E-state index in [-0.39, 0.29) is 0 Å². The summed E-state index contributed by atoms with van der Waals surface area (Å²) in [6, 6.07) is 0. The van der Waals surface area contributed by atoms with Crippen LogP contribution in [-0.2, 0) is 13.1 Å². The third-order valence-corrected chi connectivity index (χ3v) is 2.72. The Hall–Kier alpha value is -1.13.